The average Bonchev–Trinajstić information content (AvgIpc) is 2.19. The summed E-state index contributed by atoms with van der Waals surface area (Å²) in [6.07, 6.45) is 1.37. The number of para-hydroxylation sites is 1. The largest absolute Gasteiger partial charge is 0.431 e. The predicted molar refractivity (Wildman–Crippen MR) is 54.7 cm³/mol. The molecule has 0 aliphatic rings. The zero-order valence-corrected chi connectivity index (χ0v) is 7.44. The number of hydrogen-bond donors (Lipinski definition) is 1. The smallest absolute Gasteiger partial charge is 0.337 e. The third-order valence-electron chi connectivity index (χ3n) is 1.77. The molecule has 14 heavy (non-hydrogen) atoms. The standard InChI is InChI=1S/C11H9NO2/c13-11-8-10(6-7-14-11)12-9-4-2-1-3-5-9/h1-8,12H. The normalized spacial score (nSPS) is 9.71. The minimum Gasteiger partial charge on any atom is -0.431 e. The molecule has 2 rings (SSSR count). The van der Waals surface area contributed by atoms with Gasteiger partial charge in [0, 0.05) is 17.4 Å². The topological polar surface area (TPSA) is 42.2 Å². The Bertz CT molecular complexity index is 462. The van der Waals surface area contributed by atoms with E-state index in [-0.39, 0.29) is 5.63 Å². The molecular weight excluding hydrogens is 178 g/mol. The van der Waals surface area contributed by atoms with Crippen LogP contribution in [0.2, 0.25) is 0 Å². The van der Waals surface area contributed by atoms with Crippen molar-refractivity contribution in [2.24, 2.45) is 0 Å². The quantitative estimate of drug-likeness (QED) is 0.784. The lowest BCUT2D eigenvalue weighted by Gasteiger charge is -2.03. The summed E-state index contributed by atoms with van der Waals surface area (Å²) in [6.45, 7) is 0. The molecule has 0 saturated carbocycles. The van der Waals surface area contributed by atoms with Gasteiger partial charge in [0.1, 0.15) is 0 Å². The highest BCUT2D eigenvalue weighted by molar-refractivity contribution is 5.58. The molecule has 0 fully saturated rings. The van der Waals surface area contributed by atoms with Crippen LogP contribution in [0.5, 0.6) is 0 Å². The third kappa shape index (κ3) is 2.01. The van der Waals surface area contributed by atoms with Crippen LogP contribution in [0.15, 0.2) is 57.9 Å². The maximum atomic E-state index is 10.9. The van der Waals surface area contributed by atoms with Crippen molar-refractivity contribution >= 4 is 11.4 Å². The fraction of sp³-hybridized carbons (Fsp3) is 0. The van der Waals surface area contributed by atoms with Crippen LogP contribution in [-0.4, -0.2) is 0 Å². The van der Waals surface area contributed by atoms with E-state index in [9.17, 15) is 4.79 Å². The molecular formula is C11H9NO2. The third-order valence-corrected chi connectivity index (χ3v) is 1.77. The summed E-state index contributed by atoms with van der Waals surface area (Å²) >= 11 is 0. The molecule has 0 unspecified atom stereocenters. The first kappa shape index (κ1) is 8.56. The molecule has 70 valence electrons. The van der Waals surface area contributed by atoms with Crippen LogP contribution < -0.4 is 10.9 Å². The van der Waals surface area contributed by atoms with E-state index in [1.807, 2.05) is 30.3 Å². The second kappa shape index (κ2) is 3.79. The lowest BCUT2D eigenvalue weighted by atomic mass is 10.3. The Kier molecular flexibility index (Phi) is 2.32. The van der Waals surface area contributed by atoms with Crippen LogP contribution in [-0.2, 0) is 0 Å². The summed E-state index contributed by atoms with van der Waals surface area (Å²) in [5.74, 6) is 0. The van der Waals surface area contributed by atoms with Gasteiger partial charge in [0.15, 0.2) is 0 Å². The van der Waals surface area contributed by atoms with Gasteiger partial charge in [0.05, 0.1) is 6.26 Å². The van der Waals surface area contributed by atoms with E-state index in [1.165, 1.54) is 12.3 Å². The highest BCUT2D eigenvalue weighted by Gasteiger charge is 1.94. The van der Waals surface area contributed by atoms with E-state index in [0.717, 1.165) is 11.4 Å². The number of benzene rings is 1. The van der Waals surface area contributed by atoms with Crippen LogP contribution in [0.3, 0.4) is 0 Å². The van der Waals surface area contributed by atoms with Gasteiger partial charge in [-0.3, -0.25) is 0 Å². The number of hydrogen-bond acceptors (Lipinski definition) is 3. The fourth-order valence-corrected chi connectivity index (χ4v) is 1.15. The predicted octanol–water partition coefficient (Wildman–Crippen LogP) is 2.38. The SMILES string of the molecule is O=c1cc(Nc2ccccc2)cco1. The van der Waals surface area contributed by atoms with Gasteiger partial charge in [0.25, 0.3) is 0 Å². The molecule has 0 radical (unpaired) electrons. The van der Waals surface area contributed by atoms with Gasteiger partial charge in [-0.05, 0) is 18.2 Å². The Morgan fingerprint density at radius 1 is 1.00 bits per heavy atom. The van der Waals surface area contributed by atoms with Gasteiger partial charge in [-0.15, -0.1) is 0 Å². The molecule has 0 bridgehead atoms. The molecule has 0 aliphatic carbocycles. The molecule has 0 spiro atoms. The van der Waals surface area contributed by atoms with E-state index in [2.05, 4.69) is 9.73 Å². The van der Waals surface area contributed by atoms with Crippen LogP contribution >= 0.6 is 0 Å². The maximum Gasteiger partial charge on any atom is 0.337 e. The zero-order chi connectivity index (χ0) is 9.80. The summed E-state index contributed by atoms with van der Waals surface area (Å²) in [5.41, 5.74) is 1.32. The molecule has 3 heteroatoms. The van der Waals surface area contributed by atoms with Gasteiger partial charge in [-0.25, -0.2) is 4.79 Å². The van der Waals surface area contributed by atoms with Crippen molar-refractivity contribution in [3.8, 4) is 0 Å². The van der Waals surface area contributed by atoms with Crippen molar-refractivity contribution in [3.63, 3.8) is 0 Å². The van der Waals surface area contributed by atoms with Crippen molar-refractivity contribution < 1.29 is 4.42 Å². The minimum atomic E-state index is -0.356. The monoisotopic (exact) mass is 187 g/mol. The fourth-order valence-electron chi connectivity index (χ4n) is 1.15. The molecule has 1 heterocycles. The molecule has 1 aromatic heterocycles. The Balaban J connectivity index is 2.24. The van der Waals surface area contributed by atoms with Crippen LogP contribution in [0.4, 0.5) is 11.4 Å². The lowest BCUT2D eigenvalue weighted by molar-refractivity contribution is 0.511. The minimum absolute atomic E-state index is 0.356. The Hall–Kier alpha value is -2.03. The molecule has 3 nitrogen and oxygen atoms in total. The second-order valence-corrected chi connectivity index (χ2v) is 2.83. The Labute approximate surface area is 81.0 Å². The molecule has 1 aromatic carbocycles. The van der Waals surface area contributed by atoms with Gasteiger partial charge in [-0.2, -0.15) is 0 Å². The van der Waals surface area contributed by atoms with Gasteiger partial charge >= 0.3 is 5.63 Å². The van der Waals surface area contributed by atoms with E-state index < -0.39 is 0 Å². The van der Waals surface area contributed by atoms with E-state index in [0.29, 0.717) is 0 Å². The van der Waals surface area contributed by atoms with Crippen molar-refractivity contribution in [3.05, 3.63) is 59.1 Å². The van der Waals surface area contributed by atoms with E-state index >= 15 is 0 Å². The van der Waals surface area contributed by atoms with Crippen LogP contribution in [0.1, 0.15) is 0 Å². The highest BCUT2D eigenvalue weighted by Crippen LogP contribution is 2.13. The Morgan fingerprint density at radius 2 is 1.79 bits per heavy atom. The first-order valence-electron chi connectivity index (χ1n) is 4.25. The molecule has 0 amide bonds. The number of rotatable bonds is 2. The maximum absolute atomic E-state index is 10.9. The highest BCUT2D eigenvalue weighted by atomic mass is 16.4. The lowest BCUT2D eigenvalue weighted by Crippen LogP contribution is -1.98. The van der Waals surface area contributed by atoms with Gasteiger partial charge in [-0.1, -0.05) is 18.2 Å². The summed E-state index contributed by atoms with van der Waals surface area (Å²) in [4.78, 5) is 10.9. The second-order valence-electron chi connectivity index (χ2n) is 2.83. The van der Waals surface area contributed by atoms with Crippen molar-refractivity contribution in [1.29, 1.82) is 0 Å². The first-order chi connectivity index (χ1) is 6.84. The Morgan fingerprint density at radius 3 is 2.50 bits per heavy atom. The van der Waals surface area contributed by atoms with E-state index in [1.54, 1.807) is 6.07 Å². The van der Waals surface area contributed by atoms with Gasteiger partial charge < -0.3 is 9.73 Å². The van der Waals surface area contributed by atoms with Crippen molar-refractivity contribution in [1.82, 2.24) is 0 Å². The van der Waals surface area contributed by atoms with Crippen molar-refractivity contribution in [2.45, 2.75) is 0 Å². The molecule has 0 aliphatic heterocycles. The number of nitrogens with one attached hydrogen (secondary N) is 1. The molecule has 0 saturated heterocycles. The summed E-state index contributed by atoms with van der Waals surface area (Å²) < 4.78 is 4.61. The number of anilines is 2. The van der Waals surface area contributed by atoms with E-state index in [4.69, 9.17) is 0 Å². The summed E-state index contributed by atoms with van der Waals surface area (Å²) in [7, 11) is 0. The molecule has 0 atom stereocenters. The van der Waals surface area contributed by atoms with Gasteiger partial charge in [0.2, 0.25) is 0 Å². The van der Waals surface area contributed by atoms with Crippen LogP contribution in [0, 0.1) is 0 Å². The average molecular weight is 187 g/mol. The van der Waals surface area contributed by atoms with Crippen LogP contribution in [0.25, 0.3) is 0 Å². The summed E-state index contributed by atoms with van der Waals surface area (Å²) in [5, 5.41) is 3.08. The summed E-state index contributed by atoms with van der Waals surface area (Å²) in [6, 6.07) is 12.7. The van der Waals surface area contributed by atoms with Crippen molar-refractivity contribution in [2.75, 3.05) is 5.32 Å². The first-order valence-corrected chi connectivity index (χ1v) is 4.25. The molecule has 2 aromatic rings. The molecule has 1 N–H and O–H groups in total. The zero-order valence-electron chi connectivity index (χ0n) is 7.44.